The average molecular weight is 289 g/mol. The van der Waals surface area contributed by atoms with Crippen molar-refractivity contribution in [2.24, 2.45) is 0 Å². The van der Waals surface area contributed by atoms with Crippen LogP contribution in [-0.2, 0) is 12.8 Å². The van der Waals surface area contributed by atoms with Gasteiger partial charge < -0.3 is 14.9 Å². The summed E-state index contributed by atoms with van der Waals surface area (Å²) in [6, 6.07) is 5.86. The summed E-state index contributed by atoms with van der Waals surface area (Å²) in [5, 5.41) is 15.3. The molecule has 1 amide bonds. The second kappa shape index (κ2) is 6.65. The van der Waals surface area contributed by atoms with Crippen LogP contribution in [0.25, 0.3) is 0 Å². The van der Waals surface area contributed by atoms with Crippen LogP contribution in [0.5, 0.6) is 0 Å². The Morgan fingerprint density at radius 3 is 2.76 bits per heavy atom. The first kappa shape index (κ1) is 14.7. The largest absolute Gasteiger partial charge is 0.478 e. The molecule has 110 valence electrons. The minimum atomic E-state index is -1.07. The van der Waals surface area contributed by atoms with Gasteiger partial charge in [-0.25, -0.2) is 4.79 Å². The molecule has 21 heavy (non-hydrogen) atoms. The highest BCUT2D eigenvalue weighted by molar-refractivity contribution is 5.97. The first-order chi connectivity index (χ1) is 10.1. The maximum Gasteiger partial charge on any atom is 0.335 e. The number of aryl methyl sites for hydroxylation is 1. The number of nitrogens with zero attached hydrogens (tertiary/aromatic N) is 2. The van der Waals surface area contributed by atoms with Crippen molar-refractivity contribution in [1.82, 2.24) is 15.5 Å². The van der Waals surface area contributed by atoms with Gasteiger partial charge in [0.15, 0.2) is 5.82 Å². The Balaban J connectivity index is 1.89. The van der Waals surface area contributed by atoms with Gasteiger partial charge in [-0.2, -0.15) is 4.98 Å². The fourth-order valence-electron chi connectivity index (χ4n) is 1.71. The first-order valence-electron chi connectivity index (χ1n) is 6.53. The molecule has 0 aliphatic carbocycles. The highest BCUT2D eigenvalue weighted by atomic mass is 16.5. The number of rotatable bonds is 6. The molecule has 1 heterocycles. The van der Waals surface area contributed by atoms with E-state index in [0.717, 1.165) is 0 Å². The van der Waals surface area contributed by atoms with Crippen LogP contribution in [0.2, 0.25) is 0 Å². The summed E-state index contributed by atoms with van der Waals surface area (Å²) in [7, 11) is 0. The van der Waals surface area contributed by atoms with E-state index in [1.54, 1.807) is 6.07 Å². The van der Waals surface area contributed by atoms with Crippen molar-refractivity contribution in [3.63, 3.8) is 0 Å². The van der Waals surface area contributed by atoms with Crippen LogP contribution in [0.15, 0.2) is 28.8 Å². The van der Waals surface area contributed by atoms with Gasteiger partial charge in [0, 0.05) is 24.9 Å². The molecule has 7 nitrogen and oxygen atoms in total. The second-order valence-corrected chi connectivity index (χ2v) is 4.35. The summed E-state index contributed by atoms with van der Waals surface area (Å²) < 4.78 is 5.00. The van der Waals surface area contributed by atoms with Gasteiger partial charge in [-0.3, -0.25) is 4.79 Å². The Bertz CT molecular complexity index is 651. The number of carboxylic acid groups (broad SMARTS) is 1. The van der Waals surface area contributed by atoms with Gasteiger partial charge >= 0.3 is 5.97 Å². The monoisotopic (exact) mass is 289 g/mol. The molecule has 0 unspecified atom stereocenters. The van der Waals surface area contributed by atoms with Crippen molar-refractivity contribution in [2.45, 2.75) is 19.8 Å². The fourth-order valence-corrected chi connectivity index (χ4v) is 1.71. The molecule has 1 aromatic carbocycles. The second-order valence-electron chi connectivity index (χ2n) is 4.35. The maximum absolute atomic E-state index is 11.9. The zero-order valence-corrected chi connectivity index (χ0v) is 11.5. The molecule has 0 saturated carbocycles. The Hall–Kier alpha value is -2.70. The number of amides is 1. The van der Waals surface area contributed by atoms with Gasteiger partial charge in [0.25, 0.3) is 5.91 Å². The van der Waals surface area contributed by atoms with Crippen LogP contribution >= 0.6 is 0 Å². The number of nitrogens with one attached hydrogen (secondary N) is 1. The Morgan fingerprint density at radius 2 is 2.10 bits per heavy atom. The molecule has 0 bridgehead atoms. The molecule has 0 saturated heterocycles. The molecule has 0 radical (unpaired) electrons. The van der Waals surface area contributed by atoms with Crippen molar-refractivity contribution in [1.29, 1.82) is 0 Å². The Kier molecular flexibility index (Phi) is 4.65. The number of aromatic nitrogens is 2. The third-order valence-electron chi connectivity index (χ3n) is 2.82. The first-order valence-corrected chi connectivity index (χ1v) is 6.53. The minimum absolute atomic E-state index is 0.0761. The lowest BCUT2D eigenvalue weighted by Gasteiger charge is -2.04. The molecular weight excluding hydrogens is 274 g/mol. The number of carboxylic acids is 1. The summed E-state index contributed by atoms with van der Waals surface area (Å²) in [6.07, 6.45) is 1.12. The van der Waals surface area contributed by atoms with E-state index in [1.807, 2.05) is 6.92 Å². The van der Waals surface area contributed by atoms with Gasteiger partial charge in [0.2, 0.25) is 5.89 Å². The van der Waals surface area contributed by atoms with Crippen molar-refractivity contribution < 1.29 is 19.2 Å². The lowest BCUT2D eigenvalue weighted by Crippen LogP contribution is -2.26. The molecule has 7 heteroatoms. The standard InChI is InChI=1S/C14H15N3O4/c1-2-11-16-12(21-17-11)6-7-15-13(18)9-4-3-5-10(8-9)14(19)20/h3-5,8H,2,6-7H2,1H3,(H,15,18)(H,19,20). The van der Waals surface area contributed by atoms with E-state index in [1.165, 1.54) is 18.2 Å². The van der Waals surface area contributed by atoms with E-state index < -0.39 is 5.97 Å². The van der Waals surface area contributed by atoms with Crippen LogP contribution in [0, 0.1) is 0 Å². The predicted octanol–water partition coefficient (Wildman–Crippen LogP) is 1.30. The van der Waals surface area contributed by atoms with Gasteiger partial charge in [-0.1, -0.05) is 18.1 Å². The minimum Gasteiger partial charge on any atom is -0.478 e. The molecule has 2 N–H and O–H groups in total. The van der Waals surface area contributed by atoms with E-state index in [-0.39, 0.29) is 11.5 Å². The molecule has 0 atom stereocenters. The summed E-state index contributed by atoms with van der Waals surface area (Å²) >= 11 is 0. The van der Waals surface area contributed by atoms with Crippen LogP contribution in [0.1, 0.15) is 39.4 Å². The summed E-state index contributed by atoms with van der Waals surface area (Å²) in [5.74, 6) is -0.312. The van der Waals surface area contributed by atoms with Crippen molar-refractivity contribution in [3.05, 3.63) is 47.1 Å². The molecule has 0 aliphatic rings. The molecule has 2 aromatic rings. The zero-order valence-electron chi connectivity index (χ0n) is 11.5. The third-order valence-corrected chi connectivity index (χ3v) is 2.82. The number of aromatic carboxylic acids is 1. The maximum atomic E-state index is 11.9. The number of hydrogen-bond acceptors (Lipinski definition) is 5. The van der Waals surface area contributed by atoms with E-state index in [0.29, 0.717) is 36.7 Å². The van der Waals surface area contributed by atoms with Gasteiger partial charge in [-0.05, 0) is 18.2 Å². The van der Waals surface area contributed by atoms with Gasteiger partial charge in [0.1, 0.15) is 0 Å². The zero-order chi connectivity index (χ0) is 15.2. The molecular formula is C14H15N3O4. The predicted molar refractivity (Wildman–Crippen MR) is 73.1 cm³/mol. The molecule has 0 spiro atoms. The van der Waals surface area contributed by atoms with Crippen LogP contribution in [0.3, 0.4) is 0 Å². The molecule has 0 aliphatic heterocycles. The topological polar surface area (TPSA) is 105 Å². The van der Waals surface area contributed by atoms with Crippen molar-refractivity contribution >= 4 is 11.9 Å². The fraction of sp³-hybridized carbons (Fsp3) is 0.286. The number of carbonyl (C=O) groups excluding carboxylic acids is 1. The normalized spacial score (nSPS) is 10.3. The molecule has 2 rings (SSSR count). The lowest BCUT2D eigenvalue weighted by molar-refractivity contribution is 0.0697. The van der Waals surface area contributed by atoms with Gasteiger partial charge in [0.05, 0.1) is 5.56 Å². The number of hydrogen-bond donors (Lipinski definition) is 2. The average Bonchev–Trinajstić information content (AvgIpc) is 2.95. The van der Waals surface area contributed by atoms with Crippen molar-refractivity contribution in [2.75, 3.05) is 6.54 Å². The smallest absolute Gasteiger partial charge is 0.335 e. The van der Waals surface area contributed by atoms with E-state index in [2.05, 4.69) is 15.5 Å². The Labute approximate surface area is 121 Å². The summed E-state index contributed by atoms with van der Waals surface area (Å²) in [5.41, 5.74) is 0.377. The SMILES string of the molecule is CCc1noc(CCNC(=O)c2cccc(C(=O)O)c2)n1. The number of carbonyl (C=O) groups is 2. The van der Waals surface area contributed by atoms with Crippen LogP contribution in [0.4, 0.5) is 0 Å². The lowest BCUT2D eigenvalue weighted by atomic mass is 10.1. The highest BCUT2D eigenvalue weighted by Crippen LogP contribution is 2.05. The third kappa shape index (κ3) is 3.88. The summed E-state index contributed by atoms with van der Waals surface area (Å²) in [6.45, 7) is 2.26. The number of benzene rings is 1. The van der Waals surface area contributed by atoms with Crippen LogP contribution < -0.4 is 5.32 Å². The quantitative estimate of drug-likeness (QED) is 0.830. The van der Waals surface area contributed by atoms with Gasteiger partial charge in [-0.15, -0.1) is 0 Å². The highest BCUT2D eigenvalue weighted by Gasteiger charge is 2.10. The summed E-state index contributed by atoms with van der Waals surface area (Å²) in [4.78, 5) is 26.9. The van der Waals surface area contributed by atoms with E-state index in [9.17, 15) is 9.59 Å². The Morgan fingerprint density at radius 1 is 1.33 bits per heavy atom. The van der Waals surface area contributed by atoms with E-state index in [4.69, 9.17) is 9.63 Å². The van der Waals surface area contributed by atoms with Crippen molar-refractivity contribution in [3.8, 4) is 0 Å². The van der Waals surface area contributed by atoms with Crippen LogP contribution in [-0.4, -0.2) is 33.7 Å². The molecule has 0 fully saturated rings. The molecule has 1 aromatic heterocycles. The van der Waals surface area contributed by atoms with E-state index >= 15 is 0 Å².